The molecule has 1 radical (unpaired) electrons. The van der Waals surface area contributed by atoms with E-state index >= 15 is 0 Å². The highest BCUT2D eigenvalue weighted by Gasteiger charge is 2.21. The van der Waals surface area contributed by atoms with E-state index in [2.05, 4.69) is 5.32 Å². The van der Waals surface area contributed by atoms with Crippen molar-refractivity contribution in [3.8, 4) is 0 Å². The molecule has 0 spiro atoms. The molecule has 81 valence electrons. The van der Waals surface area contributed by atoms with Gasteiger partial charge in [-0.2, -0.15) is 0 Å². The van der Waals surface area contributed by atoms with Crippen LogP contribution in [0.2, 0.25) is 5.02 Å². The van der Waals surface area contributed by atoms with Crippen LogP contribution in [-0.4, -0.2) is 6.54 Å². The summed E-state index contributed by atoms with van der Waals surface area (Å²) >= 11 is 6.05. The van der Waals surface area contributed by atoms with E-state index in [9.17, 15) is 0 Å². The minimum atomic E-state index is 0. The Bertz CT molecular complexity index is 400. The lowest BCUT2D eigenvalue weighted by Crippen LogP contribution is -1.99. The average Bonchev–Trinajstić information content (AvgIpc) is 2.47. The lowest BCUT2D eigenvalue weighted by Gasteiger charge is -2.03. The zero-order valence-electron chi connectivity index (χ0n) is 8.46. The standard InChI is InChI=1S/C11H12ClN2.ClH/c1-7-8(5-6-13)9-3-2-4-10(12)11(9)14-7;/h2-4H,5-6,13H2,1H3;1H. The molecule has 2 rings (SSSR count). The molecule has 0 unspecified atom stereocenters. The van der Waals surface area contributed by atoms with Crippen LogP contribution in [0.5, 0.6) is 0 Å². The average molecular weight is 244 g/mol. The first-order valence-electron chi connectivity index (χ1n) is 4.64. The Morgan fingerprint density at radius 1 is 1.40 bits per heavy atom. The van der Waals surface area contributed by atoms with E-state index < -0.39 is 0 Å². The quantitative estimate of drug-likeness (QED) is 0.853. The summed E-state index contributed by atoms with van der Waals surface area (Å²) < 4.78 is 0. The minimum Gasteiger partial charge on any atom is -0.330 e. The van der Waals surface area contributed by atoms with Gasteiger partial charge in [0, 0.05) is 11.3 Å². The van der Waals surface area contributed by atoms with Crippen molar-refractivity contribution < 1.29 is 0 Å². The lowest BCUT2D eigenvalue weighted by molar-refractivity contribution is 1.00. The zero-order chi connectivity index (χ0) is 10.1. The summed E-state index contributed by atoms with van der Waals surface area (Å²) in [6.45, 7) is 2.65. The van der Waals surface area contributed by atoms with Gasteiger partial charge in [0.25, 0.3) is 0 Å². The smallest absolute Gasteiger partial charge is 0.0894 e. The fraction of sp³-hybridized carbons (Fsp3) is 0.273. The second-order valence-electron chi connectivity index (χ2n) is 3.35. The maximum atomic E-state index is 6.05. The number of fused-ring (bicyclic) bond motifs is 1. The van der Waals surface area contributed by atoms with Gasteiger partial charge in [0.1, 0.15) is 0 Å². The number of allylic oxidation sites excluding steroid dienone is 1. The van der Waals surface area contributed by atoms with Crippen molar-refractivity contribution in [2.75, 3.05) is 6.54 Å². The molecule has 15 heavy (non-hydrogen) atoms. The van der Waals surface area contributed by atoms with Crippen molar-refractivity contribution in [3.05, 3.63) is 34.5 Å². The Morgan fingerprint density at radius 3 is 2.80 bits per heavy atom. The number of para-hydroxylation sites is 1. The Labute approximate surface area is 101 Å². The molecule has 2 nitrogen and oxygen atoms in total. The van der Waals surface area contributed by atoms with E-state index in [4.69, 9.17) is 17.3 Å². The van der Waals surface area contributed by atoms with Gasteiger partial charge in [-0.3, -0.25) is 5.32 Å². The first-order valence-corrected chi connectivity index (χ1v) is 5.02. The Hall–Kier alpha value is -0.700. The van der Waals surface area contributed by atoms with Crippen LogP contribution in [0.15, 0.2) is 23.9 Å². The molecule has 0 saturated heterocycles. The highest BCUT2D eigenvalue weighted by Crippen LogP contribution is 2.40. The van der Waals surface area contributed by atoms with Gasteiger partial charge in [0.15, 0.2) is 0 Å². The van der Waals surface area contributed by atoms with E-state index in [0.717, 1.165) is 23.4 Å². The summed E-state index contributed by atoms with van der Waals surface area (Å²) in [5, 5.41) is 5.16. The number of hydrogen-bond acceptors (Lipinski definition) is 1. The number of hydrogen-bond donors (Lipinski definition) is 1. The molecule has 0 amide bonds. The Morgan fingerprint density at radius 2 is 2.13 bits per heavy atom. The van der Waals surface area contributed by atoms with Gasteiger partial charge in [-0.05, 0) is 31.5 Å². The van der Waals surface area contributed by atoms with Gasteiger partial charge in [0.2, 0.25) is 0 Å². The van der Waals surface area contributed by atoms with Crippen LogP contribution in [0, 0.1) is 0 Å². The summed E-state index contributed by atoms with van der Waals surface area (Å²) in [5.74, 6) is 0. The van der Waals surface area contributed by atoms with Gasteiger partial charge < -0.3 is 5.73 Å². The second kappa shape index (κ2) is 4.88. The molecule has 0 aliphatic carbocycles. The van der Waals surface area contributed by atoms with Crippen molar-refractivity contribution in [3.63, 3.8) is 0 Å². The third-order valence-corrected chi connectivity index (χ3v) is 2.73. The molecule has 1 aliphatic rings. The van der Waals surface area contributed by atoms with Gasteiger partial charge in [0.05, 0.1) is 10.7 Å². The fourth-order valence-corrected chi connectivity index (χ4v) is 1.98. The second-order valence-corrected chi connectivity index (χ2v) is 3.76. The number of nitrogens with zero attached hydrogens (tertiary/aromatic N) is 1. The van der Waals surface area contributed by atoms with Crippen LogP contribution in [0.25, 0.3) is 5.57 Å². The summed E-state index contributed by atoms with van der Waals surface area (Å²) in [6, 6.07) is 5.86. The molecule has 2 N–H and O–H groups in total. The molecule has 1 aliphatic heterocycles. The first-order chi connectivity index (χ1) is 6.74. The first kappa shape index (κ1) is 12.4. The van der Waals surface area contributed by atoms with Crippen molar-refractivity contribution in [1.82, 2.24) is 5.32 Å². The van der Waals surface area contributed by atoms with Crippen LogP contribution in [0.1, 0.15) is 18.9 Å². The molecule has 0 fully saturated rings. The summed E-state index contributed by atoms with van der Waals surface area (Å²) in [6.07, 6.45) is 0.864. The van der Waals surface area contributed by atoms with Crippen molar-refractivity contribution >= 4 is 35.3 Å². The van der Waals surface area contributed by atoms with Gasteiger partial charge >= 0.3 is 0 Å². The van der Waals surface area contributed by atoms with E-state index in [1.54, 1.807) is 0 Å². The SMILES string of the molecule is CC1=C(CCN)c2cccc(Cl)c2[N]1.Cl. The fourth-order valence-electron chi connectivity index (χ4n) is 1.76. The maximum Gasteiger partial charge on any atom is 0.0894 e. The van der Waals surface area contributed by atoms with Gasteiger partial charge in [-0.25, -0.2) is 0 Å². The summed E-state index contributed by atoms with van der Waals surface area (Å²) in [4.78, 5) is 0. The molecule has 0 saturated carbocycles. The van der Waals surface area contributed by atoms with Gasteiger partial charge in [-0.1, -0.05) is 23.7 Å². The highest BCUT2D eigenvalue weighted by atomic mass is 35.5. The molecule has 1 aromatic carbocycles. The number of benzene rings is 1. The molecular formula is C11H13Cl2N2. The molecular weight excluding hydrogens is 231 g/mol. The highest BCUT2D eigenvalue weighted by molar-refractivity contribution is 6.33. The van der Waals surface area contributed by atoms with Crippen LogP contribution in [0.3, 0.4) is 0 Å². The van der Waals surface area contributed by atoms with Crippen LogP contribution in [-0.2, 0) is 0 Å². The number of rotatable bonds is 2. The Balaban J connectivity index is 0.00000112. The lowest BCUT2D eigenvalue weighted by atomic mass is 10.0. The Kier molecular flexibility index (Phi) is 4.03. The topological polar surface area (TPSA) is 40.1 Å². The number of halogens is 2. The number of nitrogens with two attached hydrogens (primary N) is 1. The molecule has 0 atom stereocenters. The normalized spacial score (nSPS) is 13.3. The van der Waals surface area contributed by atoms with Crippen molar-refractivity contribution in [2.45, 2.75) is 13.3 Å². The largest absolute Gasteiger partial charge is 0.330 e. The molecule has 1 aromatic rings. The van der Waals surface area contributed by atoms with E-state index in [1.807, 2.05) is 25.1 Å². The third kappa shape index (κ3) is 2.12. The van der Waals surface area contributed by atoms with Crippen molar-refractivity contribution in [2.24, 2.45) is 5.73 Å². The molecule has 1 heterocycles. The van der Waals surface area contributed by atoms with E-state index in [0.29, 0.717) is 11.6 Å². The summed E-state index contributed by atoms with van der Waals surface area (Å²) in [5.41, 5.74) is 9.86. The minimum absolute atomic E-state index is 0. The molecule has 4 heteroatoms. The van der Waals surface area contributed by atoms with Crippen molar-refractivity contribution in [1.29, 1.82) is 0 Å². The zero-order valence-corrected chi connectivity index (χ0v) is 10.0. The van der Waals surface area contributed by atoms with Crippen LogP contribution in [0.4, 0.5) is 5.69 Å². The van der Waals surface area contributed by atoms with Crippen LogP contribution < -0.4 is 11.1 Å². The maximum absolute atomic E-state index is 6.05. The third-order valence-electron chi connectivity index (χ3n) is 2.42. The summed E-state index contributed by atoms with van der Waals surface area (Å²) in [7, 11) is 0. The monoisotopic (exact) mass is 243 g/mol. The predicted molar refractivity (Wildman–Crippen MR) is 66.8 cm³/mol. The molecule has 0 bridgehead atoms. The molecule has 0 aromatic heterocycles. The van der Waals surface area contributed by atoms with Crippen LogP contribution >= 0.6 is 24.0 Å². The van der Waals surface area contributed by atoms with Gasteiger partial charge in [-0.15, -0.1) is 12.4 Å². The van der Waals surface area contributed by atoms with E-state index in [-0.39, 0.29) is 12.4 Å². The predicted octanol–water partition coefficient (Wildman–Crippen LogP) is 3.09. The van der Waals surface area contributed by atoms with E-state index in [1.165, 1.54) is 5.57 Å².